The largest absolute Gasteiger partial charge is 0.365 e. The molecule has 6 heteroatoms. The number of nitrogens with zero attached hydrogens (tertiary/aromatic N) is 2. The smallest absolute Gasteiger partial charge is 0.253 e. The second-order valence-corrected chi connectivity index (χ2v) is 3.50. The number of aryl methyl sites for hydroxylation is 1. The summed E-state index contributed by atoms with van der Waals surface area (Å²) < 4.78 is 4.61. The summed E-state index contributed by atoms with van der Waals surface area (Å²) in [5.41, 5.74) is 1.45. The fourth-order valence-corrected chi connectivity index (χ4v) is 1.41. The lowest BCUT2D eigenvalue weighted by Crippen LogP contribution is -2.27. The molecule has 2 rings (SSSR count). The molecular formula is C10H12N4O2. The van der Waals surface area contributed by atoms with Crippen molar-refractivity contribution >= 4 is 5.91 Å². The molecule has 0 bridgehead atoms. The van der Waals surface area contributed by atoms with Crippen molar-refractivity contribution in [3.05, 3.63) is 35.7 Å². The van der Waals surface area contributed by atoms with Crippen LogP contribution >= 0.6 is 0 Å². The van der Waals surface area contributed by atoms with Crippen LogP contribution < -0.4 is 5.32 Å². The molecule has 0 aliphatic rings. The minimum absolute atomic E-state index is 0.156. The van der Waals surface area contributed by atoms with Crippen LogP contribution in [0.25, 0.3) is 0 Å². The van der Waals surface area contributed by atoms with E-state index in [1.54, 1.807) is 19.2 Å². The second kappa shape index (κ2) is 4.18. The van der Waals surface area contributed by atoms with Crippen molar-refractivity contribution in [1.29, 1.82) is 0 Å². The molecule has 84 valence electrons. The van der Waals surface area contributed by atoms with Gasteiger partial charge in [0.15, 0.2) is 5.82 Å². The van der Waals surface area contributed by atoms with Gasteiger partial charge in [-0.15, -0.1) is 0 Å². The quantitative estimate of drug-likeness (QED) is 0.813. The number of rotatable bonds is 3. The lowest BCUT2D eigenvalue weighted by atomic mass is 10.2. The molecule has 2 heterocycles. The minimum Gasteiger partial charge on any atom is -0.365 e. The first-order valence-electron chi connectivity index (χ1n) is 4.89. The molecule has 2 N–H and O–H groups in total. The van der Waals surface area contributed by atoms with E-state index in [2.05, 4.69) is 25.0 Å². The predicted molar refractivity (Wildman–Crippen MR) is 55.7 cm³/mol. The molecule has 0 spiro atoms. The van der Waals surface area contributed by atoms with Gasteiger partial charge in [-0.25, -0.2) is 0 Å². The number of hydrogen-bond acceptors (Lipinski definition) is 4. The lowest BCUT2D eigenvalue weighted by molar-refractivity contribution is 0.0937. The van der Waals surface area contributed by atoms with Crippen LogP contribution in [0.1, 0.15) is 34.8 Å². The van der Waals surface area contributed by atoms with Gasteiger partial charge in [0.25, 0.3) is 5.91 Å². The maximum atomic E-state index is 11.8. The Bertz CT molecular complexity index is 475. The molecule has 0 saturated carbocycles. The molecule has 6 nitrogen and oxygen atoms in total. The summed E-state index contributed by atoms with van der Waals surface area (Å²) in [4.78, 5) is 18.6. The highest BCUT2D eigenvalue weighted by Gasteiger charge is 2.16. The second-order valence-electron chi connectivity index (χ2n) is 3.50. The molecule has 2 aromatic rings. The number of nitrogens with one attached hydrogen (secondary N) is 2. The zero-order valence-electron chi connectivity index (χ0n) is 9.02. The molecule has 16 heavy (non-hydrogen) atoms. The number of carbonyl (C=O) groups is 1. The number of hydrogen-bond donors (Lipinski definition) is 2. The molecule has 0 aliphatic carbocycles. The predicted octanol–water partition coefficient (Wildman–Crippen LogP) is 1.20. The standard InChI is InChI=1S/C10H12N4O2/c1-6-8(3-4-11-6)10(15)13-7(2)9-12-5-16-14-9/h3-5,7,11H,1-2H3,(H,13,15). The van der Waals surface area contributed by atoms with Crippen molar-refractivity contribution in [1.82, 2.24) is 20.4 Å². The fraction of sp³-hybridized carbons (Fsp3) is 0.300. The summed E-state index contributed by atoms with van der Waals surface area (Å²) >= 11 is 0. The minimum atomic E-state index is -0.277. The van der Waals surface area contributed by atoms with Crippen LogP contribution in [-0.2, 0) is 0 Å². The Morgan fingerprint density at radius 2 is 2.44 bits per heavy atom. The van der Waals surface area contributed by atoms with Gasteiger partial charge < -0.3 is 14.8 Å². The number of aromatic amines is 1. The average molecular weight is 220 g/mol. The van der Waals surface area contributed by atoms with Crippen LogP contribution in [0, 0.1) is 6.92 Å². The topological polar surface area (TPSA) is 83.8 Å². The number of aromatic nitrogens is 3. The fourth-order valence-electron chi connectivity index (χ4n) is 1.41. The SMILES string of the molecule is Cc1[nH]ccc1C(=O)NC(C)c1ncon1. The Kier molecular flexibility index (Phi) is 2.72. The molecule has 0 fully saturated rings. The molecule has 1 unspecified atom stereocenters. The third-order valence-corrected chi connectivity index (χ3v) is 2.31. The highest BCUT2D eigenvalue weighted by atomic mass is 16.5. The van der Waals surface area contributed by atoms with Crippen LogP contribution in [0.5, 0.6) is 0 Å². The van der Waals surface area contributed by atoms with E-state index in [1.165, 1.54) is 6.39 Å². The number of carbonyl (C=O) groups excluding carboxylic acids is 1. The summed E-state index contributed by atoms with van der Waals surface area (Å²) in [6.45, 7) is 3.64. The molecule has 0 radical (unpaired) electrons. The Morgan fingerprint density at radius 1 is 1.62 bits per heavy atom. The van der Waals surface area contributed by atoms with Crippen LogP contribution in [0.3, 0.4) is 0 Å². The van der Waals surface area contributed by atoms with E-state index < -0.39 is 0 Å². The van der Waals surface area contributed by atoms with Crippen LogP contribution in [0.15, 0.2) is 23.2 Å². The van der Waals surface area contributed by atoms with Gasteiger partial charge in [-0.2, -0.15) is 4.98 Å². The Morgan fingerprint density at radius 3 is 3.00 bits per heavy atom. The van der Waals surface area contributed by atoms with Crippen molar-refractivity contribution in [2.24, 2.45) is 0 Å². The van der Waals surface area contributed by atoms with Crippen molar-refractivity contribution in [2.75, 3.05) is 0 Å². The summed E-state index contributed by atoms with van der Waals surface area (Å²) in [5, 5.41) is 6.45. The molecule has 0 aromatic carbocycles. The Balaban J connectivity index is 2.06. The van der Waals surface area contributed by atoms with E-state index in [9.17, 15) is 4.79 Å². The van der Waals surface area contributed by atoms with E-state index >= 15 is 0 Å². The van der Waals surface area contributed by atoms with Gasteiger partial charge in [-0.05, 0) is 19.9 Å². The van der Waals surface area contributed by atoms with Crippen molar-refractivity contribution < 1.29 is 9.32 Å². The zero-order valence-corrected chi connectivity index (χ0v) is 9.02. The van der Waals surface area contributed by atoms with Gasteiger partial charge in [0.05, 0.1) is 11.6 Å². The van der Waals surface area contributed by atoms with Gasteiger partial charge in [-0.1, -0.05) is 5.16 Å². The van der Waals surface area contributed by atoms with Gasteiger partial charge in [0.1, 0.15) is 0 Å². The summed E-state index contributed by atoms with van der Waals surface area (Å²) in [6.07, 6.45) is 2.96. The average Bonchev–Trinajstić information content (AvgIpc) is 2.86. The monoisotopic (exact) mass is 220 g/mol. The maximum Gasteiger partial charge on any atom is 0.253 e. The van der Waals surface area contributed by atoms with Crippen molar-refractivity contribution in [3.63, 3.8) is 0 Å². The molecule has 0 aliphatic heterocycles. The van der Waals surface area contributed by atoms with Gasteiger partial charge in [-0.3, -0.25) is 4.79 Å². The van der Waals surface area contributed by atoms with Crippen LogP contribution in [-0.4, -0.2) is 21.0 Å². The molecule has 1 atom stereocenters. The van der Waals surface area contributed by atoms with Crippen molar-refractivity contribution in [2.45, 2.75) is 19.9 Å². The molecule has 1 amide bonds. The summed E-state index contributed by atoms with van der Waals surface area (Å²) in [7, 11) is 0. The molecule has 2 aromatic heterocycles. The van der Waals surface area contributed by atoms with Crippen LogP contribution in [0.2, 0.25) is 0 Å². The van der Waals surface area contributed by atoms with Gasteiger partial charge >= 0.3 is 0 Å². The van der Waals surface area contributed by atoms with E-state index in [1.807, 2.05) is 6.92 Å². The van der Waals surface area contributed by atoms with Crippen molar-refractivity contribution in [3.8, 4) is 0 Å². The highest BCUT2D eigenvalue weighted by molar-refractivity contribution is 5.95. The molecule has 0 saturated heterocycles. The lowest BCUT2D eigenvalue weighted by Gasteiger charge is -2.09. The highest BCUT2D eigenvalue weighted by Crippen LogP contribution is 2.09. The first-order chi connectivity index (χ1) is 7.68. The molecular weight excluding hydrogens is 208 g/mol. The summed E-state index contributed by atoms with van der Waals surface area (Å²) in [6, 6.07) is 1.45. The van der Waals surface area contributed by atoms with E-state index in [0.29, 0.717) is 11.4 Å². The number of H-pyrrole nitrogens is 1. The normalized spacial score (nSPS) is 12.4. The zero-order chi connectivity index (χ0) is 11.5. The Labute approximate surface area is 92.1 Å². The van der Waals surface area contributed by atoms with Gasteiger partial charge in [0.2, 0.25) is 6.39 Å². The van der Waals surface area contributed by atoms with E-state index in [-0.39, 0.29) is 11.9 Å². The van der Waals surface area contributed by atoms with Crippen LogP contribution in [0.4, 0.5) is 0 Å². The van der Waals surface area contributed by atoms with Gasteiger partial charge in [0, 0.05) is 11.9 Å². The third kappa shape index (κ3) is 1.95. The third-order valence-electron chi connectivity index (χ3n) is 2.31. The van der Waals surface area contributed by atoms with E-state index in [0.717, 1.165) is 5.69 Å². The number of amides is 1. The van der Waals surface area contributed by atoms with E-state index in [4.69, 9.17) is 0 Å². The Hall–Kier alpha value is -2.11. The first kappa shape index (κ1) is 10.4. The maximum absolute atomic E-state index is 11.8. The summed E-state index contributed by atoms with van der Waals surface area (Å²) in [5.74, 6) is 0.303. The first-order valence-corrected chi connectivity index (χ1v) is 4.89.